The summed E-state index contributed by atoms with van der Waals surface area (Å²) in [7, 11) is 0. The lowest BCUT2D eigenvalue weighted by Gasteiger charge is -2.05. The van der Waals surface area contributed by atoms with Crippen LogP contribution in [0.15, 0.2) is 11.6 Å². The van der Waals surface area contributed by atoms with Gasteiger partial charge in [-0.25, -0.2) is 0 Å². The molecule has 0 unspecified atom stereocenters. The number of likely N-dealkylation sites (N-methyl/N-ethyl adjacent to an activating group) is 1. The van der Waals surface area contributed by atoms with Gasteiger partial charge in [0.1, 0.15) is 0 Å². The highest BCUT2D eigenvalue weighted by atomic mass is 19.4. The average Bonchev–Trinajstić information content (AvgIpc) is 1.85. The van der Waals surface area contributed by atoms with Crippen LogP contribution in [0.2, 0.25) is 0 Å². The van der Waals surface area contributed by atoms with Crippen molar-refractivity contribution in [1.82, 2.24) is 5.32 Å². The monoisotopic (exact) mass is 181 g/mol. The highest BCUT2D eigenvalue weighted by molar-refractivity contribution is 5.88. The fourth-order valence-electron chi connectivity index (χ4n) is 0.504. The number of carbonyl (C=O) groups is 1. The minimum absolute atomic E-state index is 0.320. The molecule has 0 saturated carbocycles. The van der Waals surface area contributed by atoms with Crippen LogP contribution in [0.1, 0.15) is 13.8 Å². The van der Waals surface area contributed by atoms with Gasteiger partial charge in [0, 0.05) is 18.2 Å². The minimum Gasteiger partial charge on any atom is -0.353 e. The van der Waals surface area contributed by atoms with Crippen molar-refractivity contribution < 1.29 is 18.0 Å². The lowest BCUT2D eigenvalue weighted by Crippen LogP contribution is -2.22. The molecule has 2 nitrogen and oxygen atoms in total. The number of amides is 1. The number of alkyl halides is 3. The fraction of sp³-hybridized carbons (Fsp3) is 0.571. The Morgan fingerprint density at radius 1 is 1.50 bits per heavy atom. The van der Waals surface area contributed by atoms with Gasteiger partial charge in [-0.05, 0) is 13.8 Å². The zero-order chi connectivity index (χ0) is 9.78. The van der Waals surface area contributed by atoms with Crippen molar-refractivity contribution in [3.8, 4) is 0 Å². The lowest BCUT2D eigenvalue weighted by molar-refractivity contribution is -0.118. The van der Waals surface area contributed by atoms with Crippen LogP contribution in [0, 0.1) is 0 Å². The highest BCUT2D eigenvalue weighted by Crippen LogP contribution is 2.24. The van der Waals surface area contributed by atoms with E-state index in [0.29, 0.717) is 12.6 Å². The van der Waals surface area contributed by atoms with Crippen molar-refractivity contribution in [3.05, 3.63) is 11.6 Å². The summed E-state index contributed by atoms with van der Waals surface area (Å²) in [5.41, 5.74) is -0.895. The van der Waals surface area contributed by atoms with E-state index in [4.69, 9.17) is 0 Å². The van der Waals surface area contributed by atoms with Crippen molar-refractivity contribution in [2.24, 2.45) is 0 Å². The Hall–Kier alpha value is -1.00. The predicted molar refractivity (Wildman–Crippen MR) is 38.5 cm³/mol. The molecule has 0 aromatic carbocycles. The SMILES string of the molecule is CCNC(=O)/C=C(\C)C(F)(F)F. The molecule has 5 heteroatoms. The Bertz CT molecular complexity index is 195. The first-order valence-corrected chi connectivity index (χ1v) is 3.41. The third-order valence-electron chi connectivity index (χ3n) is 1.15. The number of nitrogens with one attached hydrogen (secondary N) is 1. The van der Waals surface area contributed by atoms with E-state index in [1.807, 2.05) is 0 Å². The Morgan fingerprint density at radius 2 is 2.00 bits per heavy atom. The third-order valence-corrected chi connectivity index (χ3v) is 1.15. The normalized spacial score (nSPS) is 12.9. The molecular formula is C7H10F3NO. The lowest BCUT2D eigenvalue weighted by atomic mass is 10.2. The van der Waals surface area contributed by atoms with E-state index in [-0.39, 0.29) is 0 Å². The van der Waals surface area contributed by atoms with Gasteiger partial charge in [-0.15, -0.1) is 0 Å². The molecule has 1 amide bonds. The Labute approximate surface area is 68.4 Å². The van der Waals surface area contributed by atoms with Gasteiger partial charge in [-0.2, -0.15) is 13.2 Å². The molecule has 0 aliphatic carbocycles. The molecule has 0 rings (SSSR count). The second-order valence-corrected chi connectivity index (χ2v) is 2.22. The molecule has 0 aromatic heterocycles. The van der Waals surface area contributed by atoms with Crippen LogP contribution >= 0.6 is 0 Å². The predicted octanol–water partition coefficient (Wildman–Crippen LogP) is 1.63. The quantitative estimate of drug-likeness (QED) is 0.644. The minimum atomic E-state index is -4.41. The van der Waals surface area contributed by atoms with Gasteiger partial charge in [0.05, 0.1) is 0 Å². The Balaban J connectivity index is 4.26. The molecule has 0 spiro atoms. The number of hydrogen-bond donors (Lipinski definition) is 1. The molecule has 0 aliphatic rings. The van der Waals surface area contributed by atoms with Crippen molar-refractivity contribution in [2.75, 3.05) is 6.54 Å². The van der Waals surface area contributed by atoms with Gasteiger partial charge in [0.25, 0.3) is 0 Å². The molecule has 0 atom stereocenters. The van der Waals surface area contributed by atoms with Crippen molar-refractivity contribution >= 4 is 5.91 Å². The zero-order valence-electron chi connectivity index (χ0n) is 6.83. The molecule has 0 radical (unpaired) electrons. The molecule has 0 heterocycles. The maximum Gasteiger partial charge on any atom is 0.412 e. The summed E-state index contributed by atoms with van der Waals surface area (Å²) < 4.78 is 35.4. The highest BCUT2D eigenvalue weighted by Gasteiger charge is 2.30. The van der Waals surface area contributed by atoms with Gasteiger partial charge in [0.15, 0.2) is 0 Å². The smallest absolute Gasteiger partial charge is 0.353 e. The summed E-state index contributed by atoms with van der Waals surface area (Å²) >= 11 is 0. The van der Waals surface area contributed by atoms with Crippen LogP contribution in [0.5, 0.6) is 0 Å². The number of hydrogen-bond acceptors (Lipinski definition) is 1. The summed E-state index contributed by atoms with van der Waals surface area (Å²) in [5, 5.41) is 2.23. The summed E-state index contributed by atoms with van der Waals surface area (Å²) in [5.74, 6) is -0.715. The van der Waals surface area contributed by atoms with E-state index in [1.165, 1.54) is 0 Å². The fourth-order valence-corrected chi connectivity index (χ4v) is 0.504. The van der Waals surface area contributed by atoms with E-state index in [1.54, 1.807) is 6.92 Å². The van der Waals surface area contributed by atoms with E-state index in [0.717, 1.165) is 6.92 Å². The van der Waals surface area contributed by atoms with Gasteiger partial charge in [0.2, 0.25) is 5.91 Å². The van der Waals surface area contributed by atoms with Crippen LogP contribution < -0.4 is 5.32 Å². The molecule has 0 aliphatic heterocycles. The van der Waals surface area contributed by atoms with Gasteiger partial charge < -0.3 is 5.32 Å². The first-order valence-electron chi connectivity index (χ1n) is 3.41. The van der Waals surface area contributed by atoms with Gasteiger partial charge >= 0.3 is 6.18 Å². The second-order valence-electron chi connectivity index (χ2n) is 2.22. The maximum absolute atomic E-state index is 11.8. The molecule has 0 aromatic rings. The van der Waals surface area contributed by atoms with Crippen molar-refractivity contribution in [2.45, 2.75) is 20.0 Å². The first-order chi connectivity index (χ1) is 5.38. The number of rotatable bonds is 2. The van der Waals surface area contributed by atoms with Crippen LogP contribution in [-0.4, -0.2) is 18.6 Å². The first kappa shape index (κ1) is 11.0. The van der Waals surface area contributed by atoms with Gasteiger partial charge in [-0.1, -0.05) is 0 Å². The van der Waals surface area contributed by atoms with E-state index in [9.17, 15) is 18.0 Å². The van der Waals surface area contributed by atoms with Crippen LogP contribution in [0.3, 0.4) is 0 Å². The van der Waals surface area contributed by atoms with Crippen LogP contribution in [-0.2, 0) is 4.79 Å². The Kier molecular flexibility index (Phi) is 3.79. The van der Waals surface area contributed by atoms with E-state index >= 15 is 0 Å². The Morgan fingerprint density at radius 3 is 2.33 bits per heavy atom. The standard InChI is InChI=1S/C7H10F3NO/c1-3-11-6(12)4-5(2)7(8,9)10/h4H,3H2,1-2H3,(H,11,12)/b5-4+. The van der Waals surface area contributed by atoms with E-state index < -0.39 is 17.7 Å². The maximum atomic E-state index is 11.8. The largest absolute Gasteiger partial charge is 0.412 e. The summed E-state index contributed by atoms with van der Waals surface area (Å²) in [6.07, 6.45) is -3.87. The number of carbonyl (C=O) groups excluding carboxylic acids is 1. The zero-order valence-corrected chi connectivity index (χ0v) is 6.83. The van der Waals surface area contributed by atoms with Crippen molar-refractivity contribution in [1.29, 1.82) is 0 Å². The second kappa shape index (κ2) is 4.13. The molecule has 70 valence electrons. The molecule has 0 fully saturated rings. The molecule has 1 N–H and O–H groups in total. The summed E-state index contributed by atoms with van der Waals surface area (Å²) in [6, 6.07) is 0. The van der Waals surface area contributed by atoms with Crippen LogP contribution in [0.25, 0.3) is 0 Å². The third kappa shape index (κ3) is 4.00. The molecule has 0 bridgehead atoms. The summed E-state index contributed by atoms with van der Waals surface area (Å²) in [4.78, 5) is 10.6. The molecule has 12 heavy (non-hydrogen) atoms. The van der Waals surface area contributed by atoms with Gasteiger partial charge in [-0.3, -0.25) is 4.79 Å². The topological polar surface area (TPSA) is 29.1 Å². The van der Waals surface area contributed by atoms with E-state index in [2.05, 4.69) is 5.32 Å². The molecule has 0 saturated heterocycles. The summed E-state index contributed by atoms with van der Waals surface area (Å²) in [6.45, 7) is 2.81. The van der Waals surface area contributed by atoms with Crippen molar-refractivity contribution in [3.63, 3.8) is 0 Å². The number of halogens is 3. The molecular weight excluding hydrogens is 171 g/mol. The van der Waals surface area contributed by atoms with Crippen LogP contribution in [0.4, 0.5) is 13.2 Å². The number of allylic oxidation sites excluding steroid dienone is 1. The average molecular weight is 181 g/mol.